The van der Waals surface area contributed by atoms with Gasteiger partial charge in [0, 0.05) is 32.7 Å². The van der Waals surface area contributed by atoms with Gasteiger partial charge in [-0.2, -0.15) is 5.26 Å². The minimum absolute atomic E-state index is 0.214. The summed E-state index contributed by atoms with van der Waals surface area (Å²) < 4.78 is 5.35. The Morgan fingerprint density at radius 1 is 1.21 bits per heavy atom. The second-order valence-corrected chi connectivity index (χ2v) is 9.94. The Bertz CT molecular complexity index is 737. The van der Waals surface area contributed by atoms with Crippen molar-refractivity contribution >= 4 is 11.9 Å². The second-order valence-electron chi connectivity index (χ2n) is 9.94. The molecule has 2 atom stereocenters. The van der Waals surface area contributed by atoms with Gasteiger partial charge in [-0.1, -0.05) is 50.7 Å². The van der Waals surface area contributed by atoms with Crippen LogP contribution >= 0.6 is 0 Å². The number of morpholine rings is 1. The van der Waals surface area contributed by atoms with E-state index in [1.807, 2.05) is 0 Å². The second kappa shape index (κ2) is 12.4. The van der Waals surface area contributed by atoms with Crippen LogP contribution in [-0.4, -0.2) is 79.3 Å². The summed E-state index contributed by atoms with van der Waals surface area (Å²) in [5.41, 5.74) is 0.378. The molecule has 184 valence electrons. The average Bonchev–Trinajstić information content (AvgIpc) is 3.22. The highest BCUT2D eigenvalue weighted by Gasteiger charge is 2.41. The van der Waals surface area contributed by atoms with Crippen LogP contribution in [0.2, 0.25) is 0 Å². The molecule has 0 aromatic heterocycles. The number of urea groups is 1. The molecule has 3 amide bonds. The molecule has 3 rings (SSSR count). The van der Waals surface area contributed by atoms with E-state index in [4.69, 9.17) is 4.74 Å². The first-order valence-electron chi connectivity index (χ1n) is 12.7. The third-order valence-electron chi connectivity index (χ3n) is 7.16. The summed E-state index contributed by atoms with van der Waals surface area (Å²) in [5, 5.41) is 16.0. The molecule has 1 aliphatic carbocycles. The number of hydrogen-bond acceptors (Lipinski definition) is 5. The van der Waals surface area contributed by atoms with Gasteiger partial charge in [0.1, 0.15) is 11.6 Å². The van der Waals surface area contributed by atoms with Gasteiger partial charge in [0.05, 0.1) is 19.3 Å². The van der Waals surface area contributed by atoms with Crippen LogP contribution in [-0.2, 0) is 9.53 Å². The number of nitrogens with one attached hydrogen (secondary N) is 2. The molecule has 2 aliphatic heterocycles. The maximum Gasteiger partial charge on any atom is 0.318 e. The molecule has 3 fully saturated rings. The summed E-state index contributed by atoms with van der Waals surface area (Å²) in [6.07, 6.45) is 10.2. The van der Waals surface area contributed by atoms with E-state index in [0.29, 0.717) is 51.6 Å². The first-order chi connectivity index (χ1) is 15.9. The van der Waals surface area contributed by atoms with E-state index in [1.165, 1.54) is 24.8 Å². The molecule has 2 unspecified atom stereocenters. The summed E-state index contributed by atoms with van der Waals surface area (Å²) in [6, 6.07) is 1.55. The summed E-state index contributed by atoms with van der Waals surface area (Å²) in [7, 11) is 0. The van der Waals surface area contributed by atoms with Gasteiger partial charge in [-0.3, -0.25) is 9.69 Å². The molecule has 8 nitrogen and oxygen atoms in total. The zero-order valence-electron chi connectivity index (χ0n) is 20.4. The van der Waals surface area contributed by atoms with E-state index < -0.39 is 11.6 Å². The Kier molecular flexibility index (Phi) is 9.57. The standard InChI is InChI=1S/C25H41N5O3/c1-3-7-20(2)17-29-11-10-25(18-26,19-29)28-23(31)22(16-21-8-5-4-6-9-21)27-24(32)30-12-14-33-15-13-30/h7,21-22H,3-6,8-17,19H2,1-2H3,(H,27,32)(H,28,31)/b20-7-. The molecule has 0 radical (unpaired) electrons. The highest BCUT2D eigenvalue weighted by Crippen LogP contribution is 2.28. The molecule has 0 aromatic rings. The van der Waals surface area contributed by atoms with E-state index in [1.54, 1.807) is 4.90 Å². The number of ether oxygens (including phenoxy) is 1. The monoisotopic (exact) mass is 459 g/mol. The third-order valence-corrected chi connectivity index (χ3v) is 7.16. The van der Waals surface area contributed by atoms with Crippen molar-refractivity contribution in [2.75, 3.05) is 45.9 Å². The lowest BCUT2D eigenvalue weighted by Crippen LogP contribution is -2.58. The van der Waals surface area contributed by atoms with Gasteiger partial charge >= 0.3 is 6.03 Å². The van der Waals surface area contributed by atoms with Gasteiger partial charge < -0.3 is 20.3 Å². The van der Waals surface area contributed by atoms with Crippen molar-refractivity contribution < 1.29 is 14.3 Å². The quantitative estimate of drug-likeness (QED) is 0.544. The third kappa shape index (κ3) is 7.44. The van der Waals surface area contributed by atoms with Crippen LogP contribution < -0.4 is 10.6 Å². The molecule has 0 bridgehead atoms. The Morgan fingerprint density at radius 3 is 2.61 bits per heavy atom. The van der Waals surface area contributed by atoms with Crippen LogP contribution in [0.4, 0.5) is 4.79 Å². The summed E-state index contributed by atoms with van der Waals surface area (Å²) in [4.78, 5) is 30.3. The molecule has 33 heavy (non-hydrogen) atoms. The number of likely N-dealkylation sites (tertiary alicyclic amines) is 1. The molecule has 8 heteroatoms. The van der Waals surface area contributed by atoms with Crippen molar-refractivity contribution in [1.29, 1.82) is 5.26 Å². The van der Waals surface area contributed by atoms with Gasteiger partial charge in [-0.25, -0.2) is 4.79 Å². The van der Waals surface area contributed by atoms with E-state index >= 15 is 0 Å². The number of nitriles is 1. The molecule has 2 saturated heterocycles. The first-order valence-corrected chi connectivity index (χ1v) is 12.7. The first kappa shape index (κ1) is 25.5. The number of allylic oxidation sites excluding steroid dienone is 1. The molecule has 2 heterocycles. The minimum atomic E-state index is -0.905. The van der Waals surface area contributed by atoms with Crippen molar-refractivity contribution in [3.8, 4) is 6.07 Å². The number of hydrogen-bond donors (Lipinski definition) is 2. The molecule has 2 N–H and O–H groups in total. The van der Waals surface area contributed by atoms with Crippen LogP contribution in [0.3, 0.4) is 0 Å². The fourth-order valence-corrected chi connectivity index (χ4v) is 5.33. The Hall–Kier alpha value is -2.11. The fourth-order valence-electron chi connectivity index (χ4n) is 5.33. The lowest BCUT2D eigenvalue weighted by molar-refractivity contribution is -0.124. The molecular weight excluding hydrogens is 418 g/mol. The van der Waals surface area contributed by atoms with Crippen LogP contribution in [0.5, 0.6) is 0 Å². The Morgan fingerprint density at radius 2 is 1.94 bits per heavy atom. The topological polar surface area (TPSA) is 97.7 Å². The largest absolute Gasteiger partial charge is 0.378 e. The van der Waals surface area contributed by atoms with Crippen molar-refractivity contribution in [3.05, 3.63) is 11.6 Å². The smallest absolute Gasteiger partial charge is 0.318 e. The maximum absolute atomic E-state index is 13.4. The van der Waals surface area contributed by atoms with Crippen molar-refractivity contribution in [1.82, 2.24) is 20.4 Å². The lowest BCUT2D eigenvalue weighted by atomic mass is 9.84. The number of nitrogens with zero attached hydrogens (tertiary/aromatic N) is 3. The number of carbonyl (C=O) groups is 2. The van der Waals surface area contributed by atoms with E-state index in [9.17, 15) is 14.9 Å². The average molecular weight is 460 g/mol. The number of rotatable bonds is 8. The van der Waals surface area contributed by atoms with Gasteiger partial charge in [-0.15, -0.1) is 0 Å². The highest BCUT2D eigenvalue weighted by molar-refractivity contribution is 5.88. The highest BCUT2D eigenvalue weighted by atomic mass is 16.5. The minimum Gasteiger partial charge on any atom is -0.378 e. The normalized spacial score (nSPS) is 26.0. The zero-order valence-corrected chi connectivity index (χ0v) is 20.4. The van der Waals surface area contributed by atoms with E-state index in [2.05, 4.69) is 41.5 Å². The molecular formula is C25H41N5O3. The van der Waals surface area contributed by atoms with Gasteiger partial charge in [0.25, 0.3) is 0 Å². The summed E-state index contributed by atoms with van der Waals surface area (Å²) in [6.45, 7) is 8.43. The van der Waals surface area contributed by atoms with Crippen LogP contribution in [0.1, 0.15) is 65.2 Å². The zero-order chi connectivity index (χ0) is 23.7. The molecule has 3 aliphatic rings. The van der Waals surface area contributed by atoms with Crippen molar-refractivity contribution in [2.24, 2.45) is 5.92 Å². The van der Waals surface area contributed by atoms with Crippen LogP contribution in [0.15, 0.2) is 11.6 Å². The predicted octanol–water partition coefficient (Wildman–Crippen LogP) is 2.81. The number of amides is 3. The molecule has 1 saturated carbocycles. The molecule has 0 spiro atoms. The van der Waals surface area contributed by atoms with E-state index in [-0.39, 0.29) is 11.9 Å². The maximum atomic E-state index is 13.4. The van der Waals surface area contributed by atoms with Crippen LogP contribution in [0.25, 0.3) is 0 Å². The van der Waals surface area contributed by atoms with E-state index in [0.717, 1.165) is 32.4 Å². The summed E-state index contributed by atoms with van der Waals surface area (Å²) >= 11 is 0. The Labute approximate surface area is 198 Å². The van der Waals surface area contributed by atoms with Crippen LogP contribution in [0, 0.1) is 17.2 Å². The van der Waals surface area contributed by atoms with Gasteiger partial charge in [0.2, 0.25) is 5.91 Å². The van der Waals surface area contributed by atoms with Gasteiger partial charge in [-0.05, 0) is 32.1 Å². The number of carbonyl (C=O) groups excluding carboxylic acids is 2. The lowest BCUT2D eigenvalue weighted by Gasteiger charge is -2.32. The summed E-state index contributed by atoms with van der Waals surface area (Å²) in [5.74, 6) is 0.200. The fraction of sp³-hybridized carbons (Fsp3) is 0.800. The molecule has 0 aromatic carbocycles. The predicted molar refractivity (Wildman–Crippen MR) is 127 cm³/mol. The Balaban J connectivity index is 1.65. The SMILES string of the molecule is CC/C=C(/C)CN1CCC(C#N)(NC(=O)C(CC2CCCCC2)NC(=O)N2CCOCC2)C1. The van der Waals surface area contributed by atoms with Gasteiger partial charge in [0.15, 0.2) is 0 Å². The van der Waals surface area contributed by atoms with Crippen molar-refractivity contribution in [3.63, 3.8) is 0 Å². The van der Waals surface area contributed by atoms with Crippen molar-refractivity contribution in [2.45, 2.75) is 76.8 Å².